The minimum absolute atomic E-state index is 0.200. The van der Waals surface area contributed by atoms with Crippen molar-refractivity contribution in [2.24, 2.45) is 5.73 Å². The van der Waals surface area contributed by atoms with Crippen LogP contribution in [0.25, 0.3) is 0 Å². The minimum Gasteiger partial charge on any atom is -0.465 e. The van der Waals surface area contributed by atoms with Gasteiger partial charge < -0.3 is 20.7 Å². The molecule has 1 rings (SSSR count). The van der Waals surface area contributed by atoms with Gasteiger partial charge in [-0.15, -0.1) is 0 Å². The van der Waals surface area contributed by atoms with Crippen LogP contribution < -0.4 is 11.1 Å². The quantitative estimate of drug-likeness (QED) is 0.669. The van der Waals surface area contributed by atoms with Gasteiger partial charge in [0.15, 0.2) is 0 Å². The van der Waals surface area contributed by atoms with E-state index in [1.807, 2.05) is 0 Å². The van der Waals surface area contributed by atoms with Crippen molar-refractivity contribution in [3.05, 3.63) is 0 Å². The van der Waals surface area contributed by atoms with E-state index < -0.39 is 23.9 Å². The second-order valence-corrected chi connectivity index (χ2v) is 4.07. The number of urea groups is 1. The molecule has 3 amide bonds. The Morgan fingerprint density at radius 3 is 2.72 bits per heavy atom. The molecule has 1 aliphatic heterocycles. The fourth-order valence-electron chi connectivity index (χ4n) is 1.93. The Kier molecular flexibility index (Phi) is 5.41. The lowest BCUT2D eigenvalue weighted by Gasteiger charge is -2.33. The van der Waals surface area contributed by atoms with E-state index in [9.17, 15) is 14.4 Å². The van der Waals surface area contributed by atoms with Gasteiger partial charge in [-0.3, -0.25) is 9.59 Å². The Labute approximate surface area is 106 Å². The van der Waals surface area contributed by atoms with Crippen molar-refractivity contribution in [3.8, 4) is 0 Å². The van der Waals surface area contributed by atoms with Gasteiger partial charge in [-0.25, -0.2) is 4.79 Å². The summed E-state index contributed by atoms with van der Waals surface area (Å²) in [5.74, 6) is -1.01. The first-order chi connectivity index (χ1) is 8.56. The molecule has 7 heteroatoms. The highest BCUT2D eigenvalue weighted by Gasteiger charge is 2.30. The highest BCUT2D eigenvalue weighted by Crippen LogP contribution is 2.16. The van der Waals surface area contributed by atoms with Gasteiger partial charge in [0.25, 0.3) is 0 Å². The van der Waals surface area contributed by atoms with Crippen LogP contribution in [0, 0.1) is 0 Å². The Morgan fingerprint density at radius 2 is 2.11 bits per heavy atom. The summed E-state index contributed by atoms with van der Waals surface area (Å²) in [5.41, 5.74) is 5.25. The van der Waals surface area contributed by atoms with Crippen LogP contribution in [0.1, 0.15) is 26.2 Å². The fourth-order valence-corrected chi connectivity index (χ4v) is 1.93. The molecule has 1 aliphatic rings. The normalized spacial score (nSPS) is 19.2. The Hall–Kier alpha value is -1.79. The Balaban J connectivity index is 2.48. The molecule has 0 aromatic rings. The molecule has 7 nitrogen and oxygen atoms in total. The van der Waals surface area contributed by atoms with Gasteiger partial charge in [0.2, 0.25) is 5.91 Å². The van der Waals surface area contributed by atoms with Crippen molar-refractivity contribution in [2.45, 2.75) is 32.2 Å². The predicted molar refractivity (Wildman–Crippen MR) is 63.6 cm³/mol. The van der Waals surface area contributed by atoms with E-state index in [2.05, 4.69) is 5.32 Å². The maximum Gasteiger partial charge on any atom is 0.325 e. The first-order valence-electron chi connectivity index (χ1n) is 6.05. The molecule has 0 radical (unpaired) electrons. The first-order valence-corrected chi connectivity index (χ1v) is 6.05. The van der Waals surface area contributed by atoms with E-state index in [4.69, 9.17) is 10.5 Å². The van der Waals surface area contributed by atoms with Crippen molar-refractivity contribution in [1.82, 2.24) is 10.2 Å². The molecule has 1 heterocycles. The van der Waals surface area contributed by atoms with Gasteiger partial charge in [0, 0.05) is 6.54 Å². The molecule has 0 aromatic carbocycles. The largest absolute Gasteiger partial charge is 0.465 e. The second-order valence-electron chi connectivity index (χ2n) is 4.07. The van der Waals surface area contributed by atoms with Crippen LogP contribution >= 0.6 is 0 Å². The number of ether oxygens (including phenoxy) is 1. The van der Waals surface area contributed by atoms with Crippen molar-refractivity contribution >= 4 is 17.9 Å². The van der Waals surface area contributed by atoms with Gasteiger partial charge >= 0.3 is 12.0 Å². The van der Waals surface area contributed by atoms with Crippen LogP contribution in [0.2, 0.25) is 0 Å². The monoisotopic (exact) mass is 257 g/mol. The molecule has 0 aromatic heterocycles. The van der Waals surface area contributed by atoms with Crippen molar-refractivity contribution in [1.29, 1.82) is 0 Å². The number of esters is 1. The van der Waals surface area contributed by atoms with Crippen molar-refractivity contribution in [2.75, 3.05) is 19.7 Å². The summed E-state index contributed by atoms with van der Waals surface area (Å²) >= 11 is 0. The molecule has 102 valence electrons. The van der Waals surface area contributed by atoms with E-state index in [-0.39, 0.29) is 13.2 Å². The number of nitrogens with two attached hydrogens (primary N) is 1. The molecule has 18 heavy (non-hydrogen) atoms. The van der Waals surface area contributed by atoms with Gasteiger partial charge in [-0.05, 0) is 26.2 Å². The van der Waals surface area contributed by atoms with Crippen molar-refractivity contribution < 1.29 is 19.1 Å². The number of nitrogens with one attached hydrogen (secondary N) is 1. The number of primary amides is 1. The van der Waals surface area contributed by atoms with Crippen LogP contribution in [-0.4, -0.2) is 48.5 Å². The highest BCUT2D eigenvalue weighted by molar-refractivity contribution is 5.87. The third-order valence-corrected chi connectivity index (χ3v) is 2.78. The van der Waals surface area contributed by atoms with Crippen molar-refractivity contribution in [3.63, 3.8) is 0 Å². The number of hydrogen-bond acceptors (Lipinski definition) is 4. The number of amides is 3. The SMILES string of the molecule is CCOC(=O)CNC(=O)N1CCCCC1C(N)=O. The van der Waals surface area contributed by atoms with E-state index in [1.54, 1.807) is 6.92 Å². The van der Waals surface area contributed by atoms with E-state index >= 15 is 0 Å². The fraction of sp³-hybridized carbons (Fsp3) is 0.727. The maximum absolute atomic E-state index is 11.8. The molecule has 0 saturated carbocycles. The van der Waals surface area contributed by atoms with Crippen LogP contribution in [0.4, 0.5) is 4.79 Å². The molecule has 0 aliphatic carbocycles. The first kappa shape index (κ1) is 14.3. The van der Waals surface area contributed by atoms with Gasteiger partial charge in [0.1, 0.15) is 12.6 Å². The summed E-state index contributed by atoms with van der Waals surface area (Å²) in [6.45, 7) is 2.23. The molecule has 0 bridgehead atoms. The number of nitrogens with zero attached hydrogens (tertiary/aromatic N) is 1. The maximum atomic E-state index is 11.8. The zero-order chi connectivity index (χ0) is 13.5. The summed E-state index contributed by atoms with van der Waals surface area (Å²) in [6.07, 6.45) is 2.27. The van der Waals surface area contributed by atoms with Gasteiger partial charge in [-0.2, -0.15) is 0 Å². The third kappa shape index (κ3) is 3.90. The highest BCUT2D eigenvalue weighted by atomic mass is 16.5. The topological polar surface area (TPSA) is 102 Å². The zero-order valence-corrected chi connectivity index (χ0v) is 10.5. The van der Waals surface area contributed by atoms with E-state index in [0.717, 1.165) is 12.8 Å². The summed E-state index contributed by atoms with van der Waals surface area (Å²) in [5, 5.41) is 2.43. The summed E-state index contributed by atoms with van der Waals surface area (Å²) in [4.78, 5) is 35.5. The number of hydrogen-bond donors (Lipinski definition) is 2. The van der Waals surface area contributed by atoms with Gasteiger partial charge in [0.05, 0.1) is 6.61 Å². The molecular formula is C11H19N3O4. The molecule has 1 fully saturated rings. The third-order valence-electron chi connectivity index (χ3n) is 2.78. The number of carbonyl (C=O) groups excluding carboxylic acids is 3. The molecule has 3 N–H and O–H groups in total. The van der Waals surface area contributed by atoms with Crippen LogP contribution in [0.5, 0.6) is 0 Å². The summed E-state index contributed by atoms with van der Waals surface area (Å²) < 4.78 is 4.69. The lowest BCUT2D eigenvalue weighted by Crippen LogP contribution is -2.54. The lowest BCUT2D eigenvalue weighted by atomic mass is 10.0. The van der Waals surface area contributed by atoms with Gasteiger partial charge in [-0.1, -0.05) is 0 Å². The second kappa shape index (κ2) is 6.83. The Morgan fingerprint density at radius 1 is 1.39 bits per heavy atom. The zero-order valence-electron chi connectivity index (χ0n) is 10.5. The summed E-state index contributed by atoms with van der Waals surface area (Å²) in [6, 6.07) is -1.03. The molecule has 1 saturated heterocycles. The average Bonchev–Trinajstić information content (AvgIpc) is 2.36. The lowest BCUT2D eigenvalue weighted by molar-refractivity contribution is -0.141. The van der Waals surface area contributed by atoms with Crippen LogP contribution in [0.3, 0.4) is 0 Å². The number of carbonyl (C=O) groups is 3. The van der Waals surface area contributed by atoms with Crippen LogP contribution in [0.15, 0.2) is 0 Å². The molecular weight excluding hydrogens is 238 g/mol. The molecule has 0 spiro atoms. The average molecular weight is 257 g/mol. The smallest absolute Gasteiger partial charge is 0.325 e. The van der Waals surface area contributed by atoms with E-state index in [1.165, 1.54) is 4.90 Å². The predicted octanol–water partition coefficient (Wildman–Crippen LogP) is -0.401. The Bertz CT molecular complexity index is 332. The number of likely N-dealkylation sites (tertiary alicyclic amines) is 1. The summed E-state index contributed by atoms with van der Waals surface area (Å²) in [7, 11) is 0. The number of piperidine rings is 1. The van der Waals surface area contributed by atoms with E-state index in [0.29, 0.717) is 13.0 Å². The number of rotatable bonds is 4. The standard InChI is InChI=1S/C11H19N3O4/c1-2-18-9(15)7-13-11(17)14-6-4-3-5-8(14)10(12)16/h8H,2-7H2,1H3,(H2,12,16)(H,13,17). The van der Waals surface area contributed by atoms with Crippen LogP contribution in [-0.2, 0) is 14.3 Å². The molecule has 1 atom stereocenters. The minimum atomic E-state index is -0.582. The molecule has 1 unspecified atom stereocenters.